The number of nitrogens with two attached hydrogens (primary N) is 1. The molecule has 0 spiro atoms. The third kappa shape index (κ3) is 2.55. The highest BCUT2D eigenvalue weighted by atomic mass is 19.4. The first kappa shape index (κ1) is 14.1. The molecule has 0 atom stereocenters. The number of nitrogens with zero attached hydrogens (tertiary/aromatic N) is 3. The largest absolute Gasteiger partial charge is 0.435 e. The Morgan fingerprint density at radius 2 is 2.05 bits per heavy atom. The standard InChI is InChI=1S/C13H16F3N5/c14-13(15,16)10-7-9-11(18-5-6-21(9)20-10)19-12(8-17)3-1-2-4-12/h5-7H,1-4,8,17H2,(H,18,19). The van der Waals surface area contributed by atoms with Crippen molar-refractivity contribution in [3.63, 3.8) is 0 Å². The number of hydrogen-bond acceptors (Lipinski definition) is 4. The predicted octanol–water partition coefficient (Wildman–Crippen LogP) is 2.43. The summed E-state index contributed by atoms with van der Waals surface area (Å²) in [5.74, 6) is 0.396. The molecule has 3 rings (SSSR count). The second kappa shape index (κ2) is 4.87. The lowest BCUT2D eigenvalue weighted by Gasteiger charge is -2.29. The van der Waals surface area contributed by atoms with Crippen molar-refractivity contribution in [3.8, 4) is 0 Å². The van der Waals surface area contributed by atoms with E-state index in [9.17, 15) is 13.2 Å². The van der Waals surface area contributed by atoms with E-state index < -0.39 is 11.9 Å². The summed E-state index contributed by atoms with van der Waals surface area (Å²) in [5, 5.41) is 6.80. The first-order valence-corrected chi connectivity index (χ1v) is 6.83. The van der Waals surface area contributed by atoms with Crippen molar-refractivity contribution >= 4 is 11.3 Å². The number of hydrogen-bond donors (Lipinski definition) is 2. The fourth-order valence-corrected chi connectivity index (χ4v) is 2.84. The summed E-state index contributed by atoms with van der Waals surface area (Å²) >= 11 is 0. The number of nitrogens with one attached hydrogen (secondary N) is 1. The summed E-state index contributed by atoms with van der Waals surface area (Å²) in [6.45, 7) is 0.427. The summed E-state index contributed by atoms with van der Waals surface area (Å²) in [6, 6.07) is 1.01. The van der Waals surface area contributed by atoms with Crippen LogP contribution in [-0.2, 0) is 6.18 Å². The van der Waals surface area contributed by atoms with Gasteiger partial charge in [0.2, 0.25) is 0 Å². The zero-order valence-electron chi connectivity index (χ0n) is 11.3. The monoisotopic (exact) mass is 299 g/mol. The molecule has 0 aromatic carbocycles. The van der Waals surface area contributed by atoms with E-state index in [-0.39, 0.29) is 5.54 Å². The van der Waals surface area contributed by atoms with Crippen LogP contribution in [0.3, 0.4) is 0 Å². The highest BCUT2D eigenvalue weighted by molar-refractivity contribution is 5.69. The second-order valence-electron chi connectivity index (χ2n) is 5.45. The minimum Gasteiger partial charge on any atom is -0.362 e. The molecule has 2 heterocycles. The molecule has 0 bridgehead atoms. The summed E-state index contributed by atoms with van der Waals surface area (Å²) < 4.78 is 39.5. The molecule has 5 nitrogen and oxygen atoms in total. The molecule has 0 unspecified atom stereocenters. The maximum Gasteiger partial charge on any atom is 0.435 e. The van der Waals surface area contributed by atoms with E-state index in [1.165, 1.54) is 16.9 Å². The number of fused-ring (bicyclic) bond motifs is 1. The van der Waals surface area contributed by atoms with Gasteiger partial charge in [0.25, 0.3) is 0 Å². The van der Waals surface area contributed by atoms with Crippen molar-refractivity contribution in [1.29, 1.82) is 0 Å². The van der Waals surface area contributed by atoms with Gasteiger partial charge in [0, 0.05) is 25.0 Å². The zero-order valence-corrected chi connectivity index (χ0v) is 11.3. The highest BCUT2D eigenvalue weighted by Crippen LogP contribution is 2.34. The molecule has 1 aliphatic rings. The van der Waals surface area contributed by atoms with Crippen LogP contribution in [0.5, 0.6) is 0 Å². The maximum absolute atomic E-state index is 12.8. The van der Waals surface area contributed by atoms with Crippen molar-refractivity contribution in [1.82, 2.24) is 14.6 Å². The van der Waals surface area contributed by atoms with Crippen molar-refractivity contribution in [3.05, 3.63) is 24.2 Å². The van der Waals surface area contributed by atoms with Crippen LogP contribution < -0.4 is 11.1 Å². The van der Waals surface area contributed by atoms with Crippen LogP contribution in [0.15, 0.2) is 18.5 Å². The van der Waals surface area contributed by atoms with Crippen LogP contribution in [0.4, 0.5) is 19.0 Å². The quantitative estimate of drug-likeness (QED) is 0.913. The summed E-state index contributed by atoms with van der Waals surface area (Å²) in [6.07, 6.45) is 2.27. The Morgan fingerprint density at radius 3 is 2.67 bits per heavy atom. The van der Waals surface area contributed by atoms with Crippen LogP contribution in [0, 0.1) is 0 Å². The zero-order chi connectivity index (χ0) is 15.1. The molecule has 1 aliphatic carbocycles. The molecule has 0 saturated heterocycles. The van der Waals surface area contributed by atoms with Gasteiger partial charge in [-0.2, -0.15) is 18.3 Å². The van der Waals surface area contributed by atoms with E-state index in [1.807, 2.05) is 0 Å². The second-order valence-corrected chi connectivity index (χ2v) is 5.45. The molecule has 1 fully saturated rings. The van der Waals surface area contributed by atoms with Crippen molar-refractivity contribution < 1.29 is 13.2 Å². The van der Waals surface area contributed by atoms with Gasteiger partial charge in [-0.3, -0.25) is 0 Å². The average Bonchev–Trinajstić information content (AvgIpc) is 3.05. The number of halogens is 3. The smallest absolute Gasteiger partial charge is 0.362 e. The van der Waals surface area contributed by atoms with Gasteiger partial charge < -0.3 is 11.1 Å². The van der Waals surface area contributed by atoms with Crippen LogP contribution >= 0.6 is 0 Å². The molecule has 2 aromatic rings. The van der Waals surface area contributed by atoms with E-state index >= 15 is 0 Å². The fraction of sp³-hybridized carbons (Fsp3) is 0.538. The topological polar surface area (TPSA) is 68.2 Å². The van der Waals surface area contributed by atoms with Gasteiger partial charge in [0.05, 0.1) is 5.54 Å². The summed E-state index contributed by atoms with van der Waals surface area (Å²) in [4.78, 5) is 4.16. The van der Waals surface area contributed by atoms with Gasteiger partial charge >= 0.3 is 6.18 Å². The normalized spacial score (nSPS) is 18.3. The van der Waals surface area contributed by atoms with Crippen molar-refractivity contribution in [2.75, 3.05) is 11.9 Å². The fourth-order valence-electron chi connectivity index (χ4n) is 2.84. The molecular formula is C13H16F3N5. The molecule has 3 N–H and O–H groups in total. The lowest BCUT2D eigenvalue weighted by Crippen LogP contribution is -2.43. The SMILES string of the molecule is NCC1(Nc2nccn3nc(C(F)(F)F)cc23)CCCC1. The molecule has 114 valence electrons. The number of aromatic nitrogens is 3. The average molecular weight is 299 g/mol. The van der Waals surface area contributed by atoms with Crippen molar-refractivity contribution in [2.45, 2.75) is 37.4 Å². The minimum absolute atomic E-state index is 0.280. The molecule has 0 radical (unpaired) electrons. The molecule has 2 aromatic heterocycles. The highest BCUT2D eigenvalue weighted by Gasteiger charge is 2.36. The van der Waals surface area contributed by atoms with Gasteiger partial charge in [-0.1, -0.05) is 12.8 Å². The molecule has 0 amide bonds. The van der Waals surface area contributed by atoms with E-state index in [1.54, 1.807) is 0 Å². The Kier molecular flexibility index (Phi) is 3.27. The third-order valence-electron chi connectivity index (χ3n) is 4.02. The van der Waals surface area contributed by atoms with Crippen molar-refractivity contribution in [2.24, 2.45) is 5.73 Å². The molecular weight excluding hydrogens is 283 g/mol. The van der Waals surface area contributed by atoms with Crippen LogP contribution in [-0.4, -0.2) is 26.7 Å². The van der Waals surface area contributed by atoms with Gasteiger partial charge in [-0.25, -0.2) is 9.50 Å². The van der Waals surface area contributed by atoms with E-state index in [0.29, 0.717) is 17.9 Å². The van der Waals surface area contributed by atoms with E-state index in [4.69, 9.17) is 5.73 Å². The van der Waals surface area contributed by atoms with E-state index in [2.05, 4.69) is 15.4 Å². The molecule has 21 heavy (non-hydrogen) atoms. The maximum atomic E-state index is 12.8. The first-order valence-electron chi connectivity index (χ1n) is 6.83. The predicted molar refractivity (Wildman–Crippen MR) is 71.9 cm³/mol. The Morgan fingerprint density at radius 1 is 1.33 bits per heavy atom. The van der Waals surface area contributed by atoms with Gasteiger partial charge in [-0.05, 0) is 12.8 Å². The van der Waals surface area contributed by atoms with Gasteiger partial charge in [0.15, 0.2) is 11.5 Å². The van der Waals surface area contributed by atoms with Gasteiger partial charge in [0.1, 0.15) is 5.52 Å². The number of rotatable bonds is 3. The Hall–Kier alpha value is -1.83. The Labute approximate surface area is 119 Å². The lowest BCUT2D eigenvalue weighted by molar-refractivity contribution is -0.141. The summed E-state index contributed by atoms with van der Waals surface area (Å²) in [5.41, 5.74) is 4.95. The third-order valence-corrected chi connectivity index (χ3v) is 4.02. The lowest BCUT2D eigenvalue weighted by atomic mass is 9.98. The Bertz CT molecular complexity index is 643. The van der Waals surface area contributed by atoms with Gasteiger partial charge in [-0.15, -0.1) is 0 Å². The van der Waals surface area contributed by atoms with Crippen LogP contribution in [0.25, 0.3) is 5.52 Å². The van der Waals surface area contributed by atoms with Crippen LogP contribution in [0.2, 0.25) is 0 Å². The molecule has 0 aliphatic heterocycles. The van der Waals surface area contributed by atoms with Crippen LogP contribution in [0.1, 0.15) is 31.4 Å². The van der Waals surface area contributed by atoms with E-state index in [0.717, 1.165) is 31.7 Å². The molecule has 8 heteroatoms. The first-order chi connectivity index (χ1) is 9.93. The summed E-state index contributed by atoms with van der Waals surface area (Å²) in [7, 11) is 0. The number of anilines is 1. The molecule has 1 saturated carbocycles. The number of alkyl halides is 3. The minimum atomic E-state index is -4.47. The Balaban J connectivity index is 2.00.